The maximum Gasteiger partial charge on any atom is 0.407 e. The average molecular weight is 787 g/mol. The molecule has 3 aliphatic heterocycles. The first-order valence-corrected chi connectivity index (χ1v) is 22.2. The number of anilines is 2. The quantitative estimate of drug-likeness (QED) is 0.128. The van der Waals surface area contributed by atoms with Gasteiger partial charge in [-0.05, 0) is 85.7 Å². The summed E-state index contributed by atoms with van der Waals surface area (Å²) in [5.74, 6) is -0.628. The molecule has 0 saturated carbocycles. The maximum atomic E-state index is 13.8. The monoisotopic (exact) mass is 786 g/mol. The standard InChI is InChI=1S/C43H58N4O8Si/c1-42(2,3)55-41(50)45-18-20-52-22-24-53-23-21-51-19-17-44-39(48)30-11-14-33-36(27-30)43(54-40(33)49)34-15-12-31(46(4)5)28-37(34)56(25-9-8-10-26-56)38-29-32(47(6)7)13-16-35(38)43/h11-16,27-29H,8-10,17-26H2,1-7H3,(H,44,48)(H,45,50). The summed E-state index contributed by atoms with van der Waals surface area (Å²) in [6.45, 7) is 8.29. The predicted molar refractivity (Wildman–Crippen MR) is 221 cm³/mol. The van der Waals surface area contributed by atoms with Gasteiger partial charge in [0.1, 0.15) is 13.7 Å². The zero-order chi connectivity index (χ0) is 40.1. The van der Waals surface area contributed by atoms with Crippen LogP contribution in [0.3, 0.4) is 0 Å². The third-order valence-electron chi connectivity index (χ3n) is 10.9. The van der Waals surface area contributed by atoms with E-state index in [0.29, 0.717) is 69.4 Å². The molecule has 0 unspecified atom stereocenters. The highest BCUT2D eigenvalue weighted by Crippen LogP contribution is 2.51. The SMILES string of the molecule is CN(C)c1ccc2c(c1)[Si]1(CCCCC1)c1cc(N(C)C)ccc1C21OC(=O)c2ccc(C(=O)NCCOCCOCCOCCNC(=O)OC(C)(C)C)cc21. The van der Waals surface area contributed by atoms with Gasteiger partial charge < -0.3 is 44.1 Å². The molecule has 12 nitrogen and oxygen atoms in total. The van der Waals surface area contributed by atoms with Crippen LogP contribution in [0.25, 0.3) is 0 Å². The molecule has 0 atom stereocenters. The van der Waals surface area contributed by atoms with Crippen LogP contribution < -0.4 is 30.8 Å². The lowest BCUT2D eigenvalue weighted by atomic mass is 9.78. The molecule has 6 rings (SSSR count). The van der Waals surface area contributed by atoms with Crippen molar-refractivity contribution in [3.05, 3.63) is 82.4 Å². The van der Waals surface area contributed by atoms with Crippen LogP contribution >= 0.6 is 0 Å². The lowest BCUT2D eigenvalue weighted by Crippen LogP contribution is -2.67. The highest BCUT2D eigenvalue weighted by Gasteiger charge is 2.58. The van der Waals surface area contributed by atoms with Gasteiger partial charge in [-0.1, -0.05) is 31.4 Å². The van der Waals surface area contributed by atoms with Crippen molar-refractivity contribution in [3.63, 3.8) is 0 Å². The molecule has 0 bridgehead atoms. The van der Waals surface area contributed by atoms with Crippen molar-refractivity contribution >= 4 is 47.8 Å². The Kier molecular flexibility index (Phi) is 12.8. The highest BCUT2D eigenvalue weighted by molar-refractivity contribution is 7.03. The molecule has 302 valence electrons. The van der Waals surface area contributed by atoms with E-state index in [-0.39, 0.29) is 11.9 Å². The first kappa shape index (κ1) is 41.2. The fourth-order valence-corrected chi connectivity index (χ4v) is 14.0. The molecule has 0 aromatic heterocycles. The van der Waals surface area contributed by atoms with Crippen LogP contribution in [0.2, 0.25) is 12.1 Å². The largest absolute Gasteiger partial charge is 0.444 e. The minimum Gasteiger partial charge on any atom is -0.444 e. The Morgan fingerprint density at radius 2 is 1.25 bits per heavy atom. The molecule has 56 heavy (non-hydrogen) atoms. The van der Waals surface area contributed by atoms with Gasteiger partial charge in [0, 0.05) is 74.9 Å². The third kappa shape index (κ3) is 8.60. The van der Waals surface area contributed by atoms with Gasteiger partial charge in [-0.2, -0.15) is 0 Å². The van der Waals surface area contributed by atoms with Crippen molar-refractivity contribution in [2.24, 2.45) is 0 Å². The van der Waals surface area contributed by atoms with Crippen molar-refractivity contribution in [2.45, 2.75) is 63.3 Å². The Morgan fingerprint density at radius 3 is 1.79 bits per heavy atom. The Balaban J connectivity index is 1.11. The molecule has 1 saturated heterocycles. The van der Waals surface area contributed by atoms with Gasteiger partial charge in [0.25, 0.3) is 5.91 Å². The molecule has 3 aliphatic rings. The molecular weight excluding hydrogens is 729 g/mol. The minimum atomic E-state index is -2.26. The van der Waals surface area contributed by atoms with E-state index in [0.717, 1.165) is 34.6 Å². The van der Waals surface area contributed by atoms with Crippen LogP contribution in [0.15, 0.2) is 54.6 Å². The van der Waals surface area contributed by atoms with Gasteiger partial charge in [-0.15, -0.1) is 0 Å². The first-order valence-electron chi connectivity index (χ1n) is 19.8. The number of ether oxygens (including phenoxy) is 5. The lowest BCUT2D eigenvalue weighted by Gasteiger charge is -2.48. The second kappa shape index (κ2) is 17.4. The van der Waals surface area contributed by atoms with E-state index >= 15 is 0 Å². The highest BCUT2D eigenvalue weighted by atomic mass is 28.3. The lowest BCUT2D eigenvalue weighted by molar-refractivity contribution is 0.0145. The normalized spacial score (nSPS) is 16.1. The second-order valence-electron chi connectivity index (χ2n) is 16.2. The van der Waals surface area contributed by atoms with Gasteiger partial charge >= 0.3 is 12.1 Å². The van der Waals surface area contributed by atoms with E-state index in [1.807, 2.05) is 26.8 Å². The molecule has 3 aromatic carbocycles. The number of rotatable bonds is 15. The third-order valence-corrected chi connectivity index (χ3v) is 16.2. The molecule has 0 radical (unpaired) electrons. The fraction of sp³-hybridized carbons (Fsp3) is 0.512. The molecule has 2 N–H and O–H groups in total. The molecule has 0 aliphatic carbocycles. The van der Waals surface area contributed by atoms with E-state index in [9.17, 15) is 14.4 Å². The molecule has 3 heterocycles. The van der Waals surface area contributed by atoms with Gasteiger partial charge in [0.05, 0.1) is 45.2 Å². The minimum absolute atomic E-state index is 0.249. The fourth-order valence-electron chi connectivity index (χ4n) is 8.23. The zero-order valence-corrected chi connectivity index (χ0v) is 35.0. The number of carbonyl (C=O) groups is 3. The number of alkyl carbamates (subject to hydrolysis) is 1. The Labute approximate surface area is 332 Å². The summed E-state index contributed by atoms with van der Waals surface area (Å²) in [6, 6.07) is 20.9. The number of amides is 2. The van der Waals surface area contributed by atoms with Crippen LogP contribution in [-0.4, -0.2) is 113 Å². The number of nitrogens with one attached hydrogen (secondary N) is 2. The first-order chi connectivity index (χ1) is 26.8. The van der Waals surface area contributed by atoms with Gasteiger partial charge in [0.2, 0.25) is 0 Å². The summed E-state index contributed by atoms with van der Waals surface area (Å²) in [6.07, 6.45) is 3.12. The van der Waals surface area contributed by atoms with E-state index in [1.54, 1.807) is 12.1 Å². The molecule has 2 spiro atoms. The molecule has 13 heteroatoms. The van der Waals surface area contributed by atoms with Crippen LogP contribution in [0.1, 0.15) is 77.4 Å². The summed E-state index contributed by atoms with van der Waals surface area (Å²) in [4.78, 5) is 43.4. The smallest absolute Gasteiger partial charge is 0.407 e. The Morgan fingerprint density at radius 1 is 0.714 bits per heavy atom. The van der Waals surface area contributed by atoms with Crippen LogP contribution in [-0.2, 0) is 29.3 Å². The number of fused-ring (bicyclic) bond motifs is 8. The van der Waals surface area contributed by atoms with Gasteiger partial charge in [0.15, 0.2) is 5.60 Å². The van der Waals surface area contributed by atoms with Crippen LogP contribution in [0.5, 0.6) is 0 Å². The summed E-state index contributed by atoms with van der Waals surface area (Å²) in [5.41, 5.74) is 4.28. The number of esters is 1. The Bertz CT molecular complexity index is 1840. The summed E-state index contributed by atoms with van der Waals surface area (Å²) >= 11 is 0. The molecule has 1 fully saturated rings. The topological polar surface area (TPSA) is 128 Å². The average Bonchev–Trinajstić information content (AvgIpc) is 3.46. The van der Waals surface area contributed by atoms with Crippen LogP contribution in [0.4, 0.5) is 16.2 Å². The predicted octanol–water partition coefficient (Wildman–Crippen LogP) is 4.65. The Hall–Kier alpha value is -4.43. The number of nitrogens with zero attached hydrogens (tertiary/aromatic N) is 2. The van der Waals surface area contributed by atoms with E-state index in [4.69, 9.17) is 23.7 Å². The molecule has 3 aromatic rings. The van der Waals surface area contributed by atoms with Crippen molar-refractivity contribution < 1.29 is 38.1 Å². The second-order valence-corrected chi connectivity index (χ2v) is 20.5. The van der Waals surface area contributed by atoms with Gasteiger partial charge in [-0.25, -0.2) is 9.59 Å². The maximum absolute atomic E-state index is 13.8. The van der Waals surface area contributed by atoms with Crippen molar-refractivity contribution in [2.75, 3.05) is 90.7 Å². The van der Waals surface area contributed by atoms with E-state index < -0.39 is 25.4 Å². The number of benzene rings is 3. The van der Waals surface area contributed by atoms with Crippen molar-refractivity contribution in [1.29, 1.82) is 0 Å². The number of carbonyl (C=O) groups excluding carboxylic acids is 3. The number of hydrogen-bond acceptors (Lipinski definition) is 10. The molecule has 2 amide bonds. The van der Waals surface area contributed by atoms with Crippen molar-refractivity contribution in [3.8, 4) is 0 Å². The molecular formula is C43H58N4O8Si. The summed E-state index contributed by atoms with van der Waals surface area (Å²) in [7, 11) is 6.01. The van der Waals surface area contributed by atoms with Gasteiger partial charge in [-0.3, -0.25) is 4.79 Å². The number of hydrogen-bond donors (Lipinski definition) is 2. The van der Waals surface area contributed by atoms with Crippen LogP contribution in [0, 0.1) is 0 Å². The van der Waals surface area contributed by atoms with E-state index in [1.165, 1.54) is 29.6 Å². The zero-order valence-electron chi connectivity index (χ0n) is 34.0. The van der Waals surface area contributed by atoms with Crippen molar-refractivity contribution in [1.82, 2.24) is 10.6 Å². The van der Waals surface area contributed by atoms with E-state index in [2.05, 4.69) is 85.0 Å². The summed E-state index contributed by atoms with van der Waals surface area (Å²) < 4.78 is 28.6. The summed E-state index contributed by atoms with van der Waals surface area (Å²) in [5, 5.41) is 8.29.